The van der Waals surface area contributed by atoms with Crippen LogP contribution in [0.4, 0.5) is 10.1 Å². The van der Waals surface area contributed by atoms with E-state index in [2.05, 4.69) is 4.98 Å². The van der Waals surface area contributed by atoms with Crippen molar-refractivity contribution < 1.29 is 4.39 Å². The minimum absolute atomic E-state index is 0.129. The molecular weight excluding hydrogens is 265 g/mol. The number of nitrogen functional groups attached to an aromatic ring is 1. The summed E-state index contributed by atoms with van der Waals surface area (Å²) >= 11 is 0. The second kappa shape index (κ2) is 5.45. The zero-order chi connectivity index (χ0) is 14.9. The van der Waals surface area contributed by atoms with Gasteiger partial charge in [-0.25, -0.2) is 4.39 Å². The zero-order valence-corrected chi connectivity index (χ0v) is 11.9. The van der Waals surface area contributed by atoms with Gasteiger partial charge in [0.25, 0.3) is 0 Å². The summed E-state index contributed by atoms with van der Waals surface area (Å²) in [6.45, 7) is 0. The highest BCUT2D eigenvalue weighted by molar-refractivity contribution is 5.47. The maximum Gasteiger partial charge on any atom is 0.146 e. The summed E-state index contributed by atoms with van der Waals surface area (Å²) in [5, 5.41) is 0. The summed E-state index contributed by atoms with van der Waals surface area (Å²) in [5.74, 6) is 0.360. The van der Waals surface area contributed by atoms with Crippen LogP contribution in [0.3, 0.4) is 0 Å². The van der Waals surface area contributed by atoms with E-state index in [9.17, 15) is 4.39 Å². The van der Waals surface area contributed by atoms with Crippen LogP contribution >= 0.6 is 0 Å². The molecule has 3 rings (SSSR count). The third-order valence-corrected chi connectivity index (χ3v) is 4.28. The molecular formula is C17H20FN3. The van der Waals surface area contributed by atoms with Crippen LogP contribution in [0.1, 0.15) is 36.9 Å². The molecule has 0 aliphatic heterocycles. The normalized spacial score (nSPS) is 17.4. The standard InChI is InChI=1S/C17H20FN3/c18-14-7-6-13(11-15(14)19)17(20,9-8-12-4-5-12)16-3-1-2-10-21-16/h1-3,6-7,10-12H,4-5,8-9,19-20H2/t17-/m0/s1. The molecule has 1 heterocycles. The molecule has 110 valence electrons. The van der Waals surface area contributed by atoms with Crippen molar-refractivity contribution in [2.45, 2.75) is 31.2 Å². The van der Waals surface area contributed by atoms with Gasteiger partial charge in [-0.2, -0.15) is 0 Å². The number of anilines is 1. The quantitative estimate of drug-likeness (QED) is 0.829. The van der Waals surface area contributed by atoms with E-state index >= 15 is 0 Å². The van der Waals surface area contributed by atoms with Crippen LogP contribution in [0, 0.1) is 11.7 Å². The Bertz CT molecular complexity index is 625. The van der Waals surface area contributed by atoms with Crippen molar-refractivity contribution in [1.82, 2.24) is 4.98 Å². The van der Waals surface area contributed by atoms with Crippen molar-refractivity contribution in [3.8, 4) is 0 Å². The van der Waals surface area contributed by atoms with E-state index in [0.717, 1.165) is 30.0 Å². The Kier molecular flexibility index (Phi) is 3.64. The SMILES string of the molecule is Nc1cc([C@@](N)(CCC2CC2)c2ccccn2)ccc1F. The second-order valence-corrected chi connectivity index (χ2v) is 5.90. The third kappa shape index (κ3) is 2.90. The van der Waals surface area contributed by atoms with Gasteiger partial charge in [0, 0.05) is 6.20 Å². The fourth-order valence-corrected chi connectivity index (χ4v) is 2.71. The zero-order valence-electron chi connectivity index (χ0n) is 11.9. The van der Waals surface area contributed by atoms with Crippen LogP contribution in [-0.2, 0) is 5.54 Å². The van der Waals surface area contributed by atoms with Crippen LogP contribution in [0.15, 0.2) is 42.6 Å². The highest BCUT2D eigenvalue weighted by Crippen LogP contribution is 2.39. The Morgan fingerprint density at radius 2 is 2.05 bits per heavy atom. The highest BCUT2D eigenvalue weighted by Gasteiger charge is 2.34. The van der Waals surface area contributed by atoms with E-state index in [4.69, 9.17) is 11.5 Å². The lowest BCUT2D eigenvalue weighted by atomic mass is 9.82. The van der Waals surface area contributed by atoms with Gasteiger partial charge in [0.05, 0.1) is 16.9 Å². The second-order valence-electron chi connectivity index (χ2n) is 5.90. The number of benzene rings is 1. The molecule has 1 fully saturated rings. The van der Waals surface area contributed by atoms with Crippen molar-refractivity contribution >= 4 is 5.69 Å². The minimum atomic E-state index is -0.717. The molecule has 1 aliphatic carbocycles. The molecule has 1 aromatic heterocycles. The lowest BCUT2D eigenvalue weighted by Gasteiger charge is -2.30. The van der Waals surface area contributed by atoms with Gasteiger partial charge in [0.1, 0.15) is 5.82 Å². The van der Waals surface area contributed by atoms with Gasteiger partial charge in [-0.15, -0.1) is 0 Å². The van der Waals surface area contributed by atoms with Crippen LogP contribution in [-0.4, -0.2) is 4.98 Å². The maximum atomic E-state index is 13.4. The number of hydrogen-bond acceptors (Lipinski definition) is 3. The van der Waals surface area contributed by atoms with Gasteiger partial charge in [0.2, 0.25) is 0 Å². The van der Waals surface area contributed by atoms with Crippen molar-refractivity contribution in [3.05, 3.63) is 59.7 Å². The Morgan fingerprint density at radius 3 is 2.67 bits per heavy atom. The molecule has 0 spiro atoms. The molecule has 4 N–H and O–H groups in total. The van der Waals surface area contributed by atoms with Crippen molar-refractivity contribution in [3.63, 3.8) is 0 Å². The van der Waals surface area contributed by atoms with Crippen molar-refractivity contribution in [2.24, 2.45) is 11.7 Å². The Labute approximate surface area is 124 Å². The smallest absolute Gasteiger partial charge is 0.146 e. The predicted octanol–water partition coefficient (Wildman–Crippen LogP) is 3.20. The van der Waals surface area contributed by atoms with Crippen molar-refractivity contribution in [1.29, 1.82) is 0 Å². The Morgan fingerprint density at radius 1 is 1.24 bits per heavy atom. The molecule has 2 aromatic rings. The Hall–Kier alpha value is -1.94. The topological polar surface area (TPSA) is 64.9 Å². The number of rotatable bonds is 5. The molecule has 1 atom stereocenters. The fraction of sp³-hybridized carbons (Fsp3) is 0.353. The summed E-state index contributed by atoms with van der Waals surface area (Å²) in [6, 6.07) is 10.4. The average molecular weight is 285 g/mol. The number of nitrogens with two attached hydrogens (primary N) is 2. The molecule has 1 aromatic carbocycles. The van der Waals surface area contributed by atoms with Crippen LogP contribution in [0.25, 0.3) is 0 Å². The van der Waals surface area contributed by atoms with Crippen LogP contribution < -0.4 is 11.5 Å². The summed E-state index contributed by atoms with van der Waals surface area (Å²) in [4.78, 5) is 4.42. The first-order valence-electron chi connectivity index (χ1n) is 7.35. The summed E-state index contributed by atoms with van der Waals surface area (Å²) in [7, 11) is 0. The van der Waals surface area contributed by atoms with Crippen molar-refractivity contribution in [2.75, 3.05) is 5.73 Å². The molecule has 3 nitrogen and oxygen atoms in total. The third-order valence-electron chi connectivity index (χ3n) is 4.28. The summed E-state index contributed by atoms with van der Waals surface area (Å²) in [6.07, 6.45) is 6.15. The molecule has 0 unspecified atom stereocenters. The van der Waals surface area contributed by atoms with E-state index < -0.39 is 11.4 Å². The van der Waals surface area contributed by atoms with Gasteiger partial charge in [-0.3, -0.25) is 4.98 Å². The monoisotopic (exact) mass is 285 g/mol. The predicted molar refractivity (Wildman–Crippen MR) is 82.0 cm³/mol. The summed E-state index contributed by atoms with van der Waals surface area (Å²) in [5.41, 5.74) is 13.4. The fourth-order valence-electron chi connectivity index (χ4n) is 2.71. The number of nitrogens with zero attached hydrogens (tertiary/aromatic N) is 1. The number of hydrogen-bond donors (Lipinski definition) is 2. The van der Waals surface area contributed by atoms with E-state index in [1.807, 2.05) is 18.2 Å². The van der Waals surface area contributed by atoms with E-state index in [-0.39, 0.29) is 5.69 Å². The van der Waals surface area contributed by atoms with E-state index in [1.165, 1.54) is 18.9 Å². The molecule has 0 saturated heterocycles. The van der Waals surface area contributed by atoms with Gasteiger partial charge < -0.3 is 11.5 Å². The molecule has 4 heteroatoms. The van der Waals surface area contributed by atoms with Crippen LogP contribution in [0.2, 0.25) is 0 Å². The first-order chi connectivity index (χ1) is 10.1. The molecule has 0 bridgehead atoms. The molecule has 0 amide bonds. The molecule has 1 aliphatic rings. The van der Waals surface area contributed by atoms with Gasteiger partial charge >= 0.3 is 0 Å². The number of halogens is 1. The number of pyridine rings is 1. The van der Waals surface area contributed by atoms with Gasteiger partial charge in [-0.1, -0.05) is 25.0 Å². The van der Waals surface area contributed by atoms with Gasteiger partial charge in [-0.05, 0) is 48.6 Å². The number of aromatic nitrogens is 1. The lowest BCUT2D eigenvalue weighted by Crippen LogP contribution is -2.39. The van der Waals surface area contributed by atoms with Crippen LogP contribution in [0.5, 0.6) is 0 Å². The van der Waals surface area contributed by atoms with Gasteiger partial charge in [0.15, 0.2) is 0 Å². The summed E-state index contributed by atoms with van der Waals surface area (Å²) < 4.78 is 13.4. The Balaban J connectivity index is 1.99. The van der Waals surface area contributed by atoms with E-state index in [1.54, 1.807) is 18.3 Å². The molecule has 0 radical (unpaired) electrons. The molecule has 1 saturated carbocycles. The first kappa shape index (κ1) is 14.0. The van der Waals surface area contributed by atoms with E-state index in [0.29, 0.717) is 0 Å². The first-order valence-corrected chi connectivity index (χ1v) is 7.35. The largest absolute Gasteiger partial charge is 0.396 e. The highest BCUT2D eigenvalue weighted by atomic mass is 19.1. The maximum absolute atomic E-state index is 13.4. The minimum Gasteiger partial charge on any atom is -0.396 e. The lowest BCUT2D eigenvalue weighted by molar-refractivity contribution is 0.443. The molecule has 21 heavy (non-hydrogen) atoms. The average Bonchev–Trinajstić information content (AvgIpc) is 3.33.